The molecule has 1 fully saturated rings. The second-order valence-corrected chi connectivity index (χ2v) is 7.41. The molecule has 7 heteroatoms. The number of pyridine rings is 1. The number of aromatic nitrogens is 3. The lowest BCUT2D eigenvalue weighted by molar-refractivity contribution is -0.129. The zero-order valence-corrected chi connectivity index (χ0v) is 16.6. The fourth-order valence-electron chi connectivity index (χ4n) is 3.71. The summed E-state index contributed by atoms with van der Waals surface area (Å²) in [5.41, 5.74) is 3.29. The van der Waals surface area contributed by atoms with Gasteiger partial charge in [-0.1, -0.05) is 30.3 Å². The molecule has 0 atom stereocenters. The second kappa shape index (κ2) is 8.43. The lowest BCUT2D eigenvalue weighted by atomic mass is 10.1. The maximum absolute atomic E-state index is 12.5. The van der Waals surface area contributed by atoms with Crippen molar-refractivity contribution in [3.8, 4) is 0 Å². The quantitative estimate of drug-likeness (QED) is 0.699. The molecule has 1 N–H and O–H groups in total. The Morgan fingerprint density at radius 1 is 1.14 bits per heavy atom. The van der Waals surface area contributed by atoms with E-state index < -0.39 is 0 Å². The Hall–Kier alpha value is -3.22. The van der Waals surface area contributed by atoms with Crippen LogP contribution in [0.4, 0.5) is 0 Å². The summed E-state index contributed by atoms with van der Waals surface area (Å²) in [7, 11) is 0. The molecule has 3 aromatic rings. The molecule has 0 bridgehead atoms. The Balaban J connectivity index is 1.44. The normalized spacial score (nSPS) is 13.8. The summed E-state index contributed by atoms with van der Waals surface area (Å²) in [6.45, 7) is 4.22. The van der Waals surface area contributed by atoms with Crippen LogP contribution in [0.1, 0.15) is 34.5 Å². The smallest absolute Gasteiger partial charge is 0.253 e. The first kappa shape index (κ1) is 19.1. The highest BCUT2D eigenvalue weighted by atomic mass is 16.2. The largest absolute Gasteiger partial charge is 0.343 e. The topological polar surface area (TPSA) is 80.1 Å². The highest BCUT2D eigenvalue weighted by Crippen LogP contribution is 2.18. The zero-order valence-electron chi connectivity index (χ0n) is 16.6. The van der Waals surface area contributed by atoms with E-state index in [0.717, 1.165) is 55.6 Å². The van der Waals surface area contributed by atoms with Crippen molar-refractivity contribution in [1.29, 1.82) is 0 Å². The Bertz CT molecular complexity index is 1020. The van der Waals surface area contributed by atoms with Crippen LogP contribution >= 0.6 is 0 Å². The maximum Gasteiger partial charge on any atom is 0.253 e. The van der Waals surface area contributed by atoms with Crippen LogP contribution in [-0.2, 0) is 17.8 Å². The second-order valence-electron chi connectivity index (χ2n) is 7.41. The molecule has 1 aromatic carbocycles. The molecule has 7 nitrogen and oxygen atoms in total. The number of likely N-dealkylation sites (tertiary alicyclic amines) is 1. The van der Waals surface area contributed by atoms with Crippen molar-refractivity contribution in [3.05, 3.63) is 59.4 Å². The Labute approximate surface area is 169 Å². The molecule has 3 heterocycles. The molecule has 150 valence electrons. The monoisotopic (exact) mass is 391 g/mol. The number of carbonyl (C=O) groups excluding carboxylic acids is 2. The van der Waals surface area contributed by atoms with Gasteiger partial charge >= 0.3 is 0 Å². The van der Waals surface area contributed by atoms with Crippen molar-refractivity contribution in [2.75, 3.05) is 19.6 Å². The molecule has 29 heavy (non-hydrogen) atoms. The molecule has 0 radical (unpaired) electrons. The summed E-state index contributed by atoms with van der Waals surface area (Å²) in [5, 5.41) is 8.17. The fourth-order valence-corrected chi connectivity index (χ4v) is 3.71. The SMILES string of the molecule is Cc1nn(CCc2ccccc2)c2ncc(C(=O)NCC(=O)N3CCCC3)cc12. The number of nitrogens with one attached hydrogen (secondary N) is 1. The highest BCUT2D eigenvalue weighted by molar-refractivity contribution is 5.98. The lowest BCUT2D eigenvalue weighted by Crippen LogP contribution is -2.38. The number of rotatable bonds is 6. The Morgan fingerprint density at radius 2 is 1.90 bits per heavy atom. The third-order valence-electron chi connectivity index (χ3n) is 5.35. The Kier molecular flexibility index (Phi) is 5.55. The predicted molar refractivity (Wildman–Crippen MR) is 111 cm³/mol. The van der Waals surface area contributed by atoms with Gasteiger partial charge in [-0.3, -0.25) is 9.59 Å². The molecule has 0 aliphatic carbocycles. The van der Waals surface area contributed by atoms with E-state index in [9.17, 15) is 9.59 Å². The van der Waals surface area contributed by atoms with Crippen molar-refractivity contribution in [3.63, 3.8) is 0 Å². The first-order valence-electron chi connectivity index (χ1n) is 10.0. The molecular weight excluding hydrogens is 366 g/mol. The molecule has 0 spiro atoms. The maximum atomic E-state index is 12.5. The fraction of sp³-hybridized carbons (Fsp3) is 0.364. The van der Waals surface area contributed by atoms with Gasteiger partial charge in [-0.05, 0) is 37.8 Å². The van der Waals surface area contributed by atoms with E-state index in [1.165, 1.54) is 5.56 Å². The van der Waals surface area contributed by atoms with Crippen molar-refractivity contribution in [1.82, 2.24) is 25.0 Å². The minimum atomic E-state index is -0.289. The number of fused-ring (bicyclic) bond motifs is 1. The van der Waals surface area contributed by atoms with E-state index in [1.54, 1.807) is 17.2 Å². The molecule has 0 unspecified atom stereocenters. The molecule has 1 aliphatic rings. The third-order valence-corrected chi connectivity index (χ3v) is 5.35. The molecule has 0 saturated carbocycles. The van der Waals surface area contributed by atoms with Crippen LogP contribution in [0.5, 0.6) is 0 Å². The third kappa shape index (κ3) is 4.29. The molecule has 1 aliphatic heterocycles. The average molecular weight is 391 g/mol. The number of amides is 2. The number of hydrogen-bond donors (Lipinski definition) is 1. The molecule has 2 aromatic heterocycles. The van der Waals surface area contributed by atoms with Gasteiger partial charge in [0.05, 0.1) is 17.8 Å². The van der Waals surface area contributed by atoms with Gasteiger partial charge in [-0.25, -0.2) is 9.67 Å². The van der Waals surface area contributed by atoms with Crippen molar-refractivity contribution >= 4 is 22.8 Å². The van der Waals surface area contributed by atoms with Gasteiger partial charge in [0.25, 0.3) is 5.91 Å². The summed E-state index contributed by atoms with van der Waals surface area (Å²) in [4.78, 5) is 30.9. The van der Waals surface area contributed by atoms with Crippen LogP contribution in [0.2, 0.25) is 0 Å². The first-order valence-corrected chi connectivity index (χ1v) is 10.0. The van der Waals surface area contributed by atoms with Gasteiger partial charge < -0.3 is 10.2 Å². The number of benzene rings is 1. The first-order chi connectivity index (χ1) is 14.1. The summed E-state index contributed by atoms with van der Waals surface area (Å²) in [6.07, 6.45) is 4.49. The van der Waals surface area contributed by atoms with E-state index >= 15 is 0 Å². The van der Waals surface area contributed by atoms with E-state index in [4.69, 9.17) is 0 Å². The number of nitrogens with zero attached hydrogens (tertiary/aromatic N) is 4. The van der Waals surface area contributed by atoms with Gasteiger partial charge in [-0.15, -0.1) is 0 Å². The number of hydrogen-bond acceptors (Lipinski definition) is 4. The minimum Gasteiger partial charge on any atom is -0.343 e. The molecule has 1 saturated heterocycles. The van der Waals surface area contributed by atoms with Gasteiger partial charge in [0.15, 0.2) is 5.65 Å². The summed E-state index contributed by atoms with van der Waals surface area (Å²) in [5.74, 6) is -0.321. The van der Waals surface area contributed by atoms with E-state index in [-0.39, 0.29) is 18.4 Å². The van der Waals surface area contributed by atoms with Gasteiger partial charge in [0.2, 0.25) is 5.91 Å². The van der Waals surface area contributed by atoms with E-state index in [1.807, 2.05) is 29.8 Å². The average Bonchev–Trinajstić information content (AvgIpc) is 3.39. The standard InChI is InChI=1S/C22H25N5O2/c1-16-19-13-18(22(29)24-15-20(28)26-10-5-6-11-26)14-23-21(19)27(25-16)12-9-17-7-3-2-4-8-17/h2-4,7-8,13-14H,5-6,9-12,15H2,1H3,(H,24,29). The molecular formula is C22H25N5O2. The summed E-state index contributed by atoms with van der Waals surface area (Å²) < 4.78 is 1.89. The number of aryl methyl sites for hydroxylation is 3. The van der Waals surface area contributed by atoms with Crippen LogP contribution in [0.15, 0.2) is 42.6 Å². The van der Waals surface area contributed by atoms with Crippen molar-refractivity contribution in [2.24, 2.45) is 0 Å². The zero-order chi connectivity index (χ0) is 20.2. The summed E-state index contributed by atoms with van der Waals surface area (Å²) >= 11 is 0. The van der Waals surface area contributed by atoms with Crippen LogP contribution in [-0.4, -0.2) is 51.1 Å². The van der Waals surface area contributed by atoms with Crippen LogP contribution in [0.25, 0.3) is 11.0 Å². The molecule has 4 rings (SSSR count). The minimum absolute atomic E-state index is 0.0200. The van der Waals surface area contributed by atoms with Gasteiger partial charge in [-0.2, -0.15) is 5.10 Å². The van der Waals surface area contributed by atoms with E-state index in [0.29, 0.717) is 5.56 Å². The van der Waals surface area contributed by atoms with Crippen molar-refractivity contribution in [2.45, 2.75) is 32.7 Å². The lowest BCUT2D eigenvalue weighted by Gasteiger charge is -2.15. The summed E-state index contributed by atoms with van der Waals surface area (Å²) in [6, 6.07) is 12.1. The van der Waals surface area contributed by atoms with E-state index in [2.05, 4.69) is 27.5 Å². The van der Waals surface area contributed by atoms with Crippen LogP contribution in [0.3, 0.4) is 0 Å². The predicted octanol–water partition coefficient (Wildman–Crippen LogP) is 2.33. The van der Waals surface area contributed by atoms with Crippen LogP contribution in [0, 0.1) is 6.92 Å². The van der Waals surface area contributed by atoms with Gasteiger partial charge in [0, 0.05) is 31.2 Å². The van der Waals surface area contributed by atoms with Crippen LogP contribution < -0.4 is 5.32 Å². The Morgan fingerprint density at radius 3 is 2.66 bits per heavy atom. The number of carbonyl (C=O) groups is 2. The van der Waals surface area contributed by atoms with Crippen molar-refractivity contribution < 1.29 is 9.59 Å². The molecule has 2 amide bonds. The highest BCUT2D eigenvalue weighted by Gasteiger charge is 2.19. The van der Waals surface area contributed by atoms with Gasteiger partial charge in [0.1, 0.15) is 0 Å².